The molecule has 3 rings (SSSR count). The van der Waals surface area contributed by atoms with Gasteiger partial charge < -0.3 is 19.4 Å². The Bertz CT molecular complexity index is 542. The van der Waals surface area contributed by atoms with E-state index in [9.17, 15) is 4.79 Å². The third-order valence-electron chi connectivity index (χ3n) is 4.84. The first-order chi connectivity index (χ1) is 11.1. The van der Waals surface area contributed by atoms with E-state index in [1.165, 1.54) is 0 Å². The molecule has 3 heterocycles. The van der Waals surface area contributed by atoms with Crippen molar-refractivity contribution >= 4 is 30.7 Å². The number of carbonyl (C=O) groups is 1. The van der Waals surface area contributed by atoms with Crippen LogP contribution in [-0.4, -0.2) is 72.7 Å². The quantitative estimate of drug-likeness (QED) is 0.825. The summed E-state index contributed by atoms with van der Waals surface area (Å²) in [5.41, 5.74) is 0.953. The van der Waals surface area contributed by atoms with E-state index in [-0.39, 0.29) is 42.9 Å². The summed E-state index contributed by atoms with van der Waals surface area (Å²) in [4.78, 5) is 21.2. The summed E-state index contributed by atoms with van der Waals surface area (Å²) < 4.78 is 11.0. The molecule has 144 valence electrons. The van der Waals surface area contributed by atoms with Crippen molar-refractivity contribution in [2.75, 3.05) is 39.8 Å². The van der Waals surface area contributed by atoms with Gasteiger partial charge >= 0.3 is 0 Å². The highest BCUT2D eigenvalue weighted by Crippen LogP contribution is 2.15. The van der Waals surface area contributed by atoms with E-state index in [0.717, 1.165) is 56.5 Å². The van der Waals surface area contributed by atoms with Gasteiger partial charge in [-0.2, -0.15) is 0 Å². The highest BCUT2D eigenvalue weighted by Gasteiger charge is 2.33. The number of halogens is 2. The molecule has 2 aliphatic heterocycles. The van der Waals surface area contributed by atoms with Crippen molar-refractivity contribution in [3.63, 3.8) is 0 Å². The molecule has 7 nitrogen and oxygen atoms in total. The fourth-order valence-electron chi connectivity index (χ4n) is 3.22. The Balaban J connectivity index is 0.00000156. The van der Waals surface area contributed by atoms with Gasteiger partial charge in [0.15, 0.2) is 0 Å². The number of carbonyl (C=O) groups excluding carboxylic acids is 1. The summed E-state index contributed by atoms with van der Waals surface area (Å²) in [6.07, 6.45) is 0.923. The third-order valence-corrected chi connectivity index (χ3v) is 4.84. The molecule has 1 amide bonds. The highest BCUT2D eigenvalue weighted by molar-refractivity contribution is 5.85. The Labute approximate surface area is 161 Å². The van der Waals surface area contributed by atoms with Crippen molar-refractivity contribution in [3.8, 4) is 0 Å². The number of amides is 1. The molecule has 1 aromatic heterocycles. The lowest BCUT2D eigenvalue weighted by molar-refractivity contribution is -0.135. The molecule has 0 aromatic carbocycles. The molecule has 2 saturated heterocycles. The Morgan fingerprint density at radius 2 is 1.96 bits per heavy atom. The number of nitrogens with zero attached hydrogens (tertiary/aromatic N) is 3. The van der Waals surface area contributed by atoms with E-state index in [4.69, 9.17) is 9.15 Å². The number of oxazole rings is 1. The normalized spacial score (nSPS) is 23.9. The molecule has 0 radical (unpaired) electrons. The van der Waals surface area contributed by atoms with Gasteiger partial charge in [0.05, 0.1) is 24.4 Å². The molecule has 25 heavy (non-hydrogen) atoms. The average molecular weight is 395 g/mol. The maximum Gasteiger partial charge on any atom is 0.239 e. The van der Waals surface area contributed by atoms with E-state index >= 15 is 0 Å². The summed E-state index contributed by atoms with van der Waals surface area (Å²) in [6.45, 7) is 8.59. The molecule has 0 bridgehead atoms. The molecular weight excluding hydrogens is 367 g/mol. The monoisotopic (exact) mass is 394 g/mol. The molecule has 0 saturated carbocycles. The number of hydrogen-bond donors (Lipinski definition) is 1. The first kappa shape index (κ1) is 22.2. The number of aryl methyl sites for hydroxylation is 2. The van der Waals surface area contributed by atoms with Crippen LogP contribution in [-0.2, 0) is 16.1 Å². The predicted octanol–water partition coefficient (Wildman–Crippen LogP) is 1.16. The van der Waals surface area contributed by atoms with Crippen LogP contribution in [0, 0.1) is 13.8 Å². The first-order valence-electron chi connectivity index (χ1n) is 8.27. The van der Waals surface area contributed by atoms with Crippen LogP contribution in [0.25, 0.3) is 0 Å². The summed E-state index contributed by atoms with van der Waals surface area (Å²) in [5, 5.41) is 3.26. The maximum absolute atomic E-state index is 12.5. The standard InChI is InChI=1S/C16H26N4O3.2ClH/c1-11-12(2)23-15(18-11)10-19-4-6-20(7-5-19)16(21)14-8-13(22-3)9-17-14;;/h13-14,17H,4-10H2,1-3H3;2*1H/t13-,14-;;/m0../s1. The lowest BCUT2D eigenvalue weighted by Gasteiger charge is -2.35. The molecule has 2 fully saturated rings. The van der Waals surface area contributed by atoms with Gasteiger partial charge in [-0.15, -0.1) is 24.8 Å². The van der Waals surface area contributed by atoms with E-state index in [2.05, 4.69) is 15.2 Å². The van der Waals surface area contributed by atoms with Gasteiger partial charge in [-0.25, -0.2) is 4.98 Å². The van der Waals surface area contributed by atoms with Crippen molar-refractivity contribution in [3.05, 3.63) is 17.3 Å². The van der Waals surface area contributed by atoms with Crippen LogP contribution in [0.2, 0.25) is 0 Å². The van der Waals surface area contributed by atoms with Crippen molar-refractivity contribution < 1.29 is 13.9 Å². The number of methoxy groups -OCH3 is 1. The predicted molar refractivity (Wildman–Crippen MR) is 99.5 cm³/mol. The molecule has 9 heteroatoms. The number of rotatable bonds is 4. The Kier molecular flexibility index (Phi) is 8.63. The smallest absolute Gasteiger partial charge is 0.239 e. The molecule has 2 atom stereocenters. The Hall–Kier alpha value is -0.860. The first-order valence-corrected chi connectivity index (χ1v) is 8.27. The highest BCUT2D eigenvalue weighted by atomic mass is 35.5. The molecular formula is C16H28Cl2N4O3. The average Bonchev–Trinajstić information content (AvgIpc) is 3.14. The van der Waals surface area contributed by atoms with Crippen molar-refractivity contribution in [1.29, 1.82) is 0 Å². The number of nitrogens with one attached hydrogen (secondary N) is 1. The van der Waals surface area contributed by atoms with Gasteiger partial charge in [-0.1, -0.05) is 0 Å². The second-order valence-corrected chi connectivity index (χ2v) is 6.40. The minimum Gasteiger partial charge on any atom is -0.444 e. The fraction of sp³-hybridized carbons (Fsp3) is 0.750. The maximum atomic E-state index is 12.5. The number of hydrogen-bond acceptors (Lipinski definition) is 6. The van der Waals surface area contributed by atoms with Crippen molar-refractivity contribution in [1.82, 2.24) is 20.1 Å². The topological polar surface area (TPSA) is 70.8 Å². The number of aromatic nitrogens is 1. The largest absolute Gasteiger partial charge is 0.444 e. The van der Waals surface area contributed by atoms with Crippen LogP contribution in [0.1, 0.15) is 23.8 Å². The minimum atomic E-state index is -0.0939. The Morgan fingerprint density at radius 3 is 2.48 bits per heavy atom. The molecule has 1 aromatic rings. The van der Waals surface area contributed by atoms with Crippen LogP contribution in [0.15, 0.2) is 4.42 Å². The van der Waals surface area contributed by atoms with Crippen molar-refractivity contribution in [2.24, 2.45) is 0 Å². The summed E-state index contributed by atoms with van der Waals surface area (Å²) in [5.74, 6) is 1.85. The Morgan fingerprint density at radius 1 is 1.28 bits per heavy atom. The molecule has 2 aliphatic rings. The molecule has 1 N–H and O–H groups in total. The number of ether oxygens (including phenoxy) is 1. The summed E-state index contributed by atoms with van der Waals surface area (Å²) in [7, 11) is 1.70. The fourth-order valence-corrected chi connectivity index (χ4v) is 3.22. The van der Waals surface area contributed by atoms with E-state index < -0.39 is 0 Å². The van der Waals surface area contributed by atoms with Crippen molar-refractivity contribution in [2.45, 2.75) is 39.0 Å². The van der Waals surface area contributed by atoms with Crippen LogP contribution < -0.4 is 5.32 Å². The SMILES string of the molecule is CO[C@@H]1CN[C@H](C(=O)N2CCN(Cc3nc(C)c(C)o3)CC2)C1.Cl.Cl. The van der Waals surface area contributed by atoms with Gasteiger partial charge in [-0.3, -0.25) is 9.69 Å². The zero-order valence-electron chi connectivity index (χ0n) is 15.0. The van der Waals surface area contributed by atoms with Gasteiger partial charge in [0.2, 0.25) is 11.8 Å². The van der Waals surface area contributed by atoms with Crippen LogP contribution in [0.5, 0.6) is 0 Å². The number of piperazine rings is 1. The second-order valence-electron chi connectivity index (χ2n) is 6.40. The van der Waals surface area contributed by atoms with Crippen LogP contribution >= 0.6 is 24.8 Å². The molecule has 0 unspecified atom stereocenters. The zero-order chi connectivity index (χ0) is 16.4. The van der Waals surface area contributed by atoms with E-state index in [1.807, 2.05) is 18.7 Å². The lowest BCUT2D eigenvalue weighted by atomic mass is 10.1. The van der Waals surface area contributed by atoms with Gasteiger partial charge in [-0.05, 0) is 20.3 Å². The van der Waals surface area contributed by atoms with Crippen LogP contribution in [0.4, 0.5) is 0 Å². The van der Waals surface area contributed by atoms with E-state index in [1.54, 1.807) is 7.11 Å². The molecule has 0 spiro atoms. The molecule has 0 aliphatic carbocycles. The third kappa shape index (κ3) is 5.31. The van der Waals surface area contributed by atoms with E-state index in [0.29, 0.717) is 6.54 Å². The van der Waals surface area contributed by atoms with Gasteiger partial charge in [0, 0.05) is 39.8 Å². The zero-order valence-corrected chi connectivity index (χ0v) is 16.6. The van der Waals surface area contributed by atoms with Gasteiger partial charge in [0.1, 0.15) is 5.76 Å². The van der Waals surface area contributed by atoms with Crippen LogP contribution in [0.3, 0.4) is 0 Å². The lowest BCUT2D eigenvalue weighted by Crippen LogP contribution is -2.52. The minimum absolute atomic E-state index is 0. The summed E-state index contributed by atoms with van der Waals surface area (Å²) >= 11 is 0. The summed E-state index contributed by atoms with van der Waals surface area (Å²) in [6, 6.07) is -0.0939. The second kappa shape index (κ2) is 9.73. The van der Waals surface area contributed by atoms with Gasteiger partial charge in [0.25, 0.3) is 0 Å².